The lowest BCUT2D eigenvalue weighted by Gasteiger charge is -2.34. The molecule has 0 radical (unpaired) electrons. The molecule has 3 heterocycles. The first-order chi connectivity index (χ1) is 15.8. The van der Waals surface area contributed by atoms with Gasteiger partial charge in [0.25, 0.3) is 11.6 Å². The molecule has 11 heteroatoms. The van der Waals surface area contributed by atoms with E-state index < -0.39 is 23.5 Å². The molecule has 3 aromatic heterocycles. The number of fused-ring (bicyclic) bond motifs is 1. The number of nitrogens with one attached hydrogen (secondary N) is 1. The highest BCUT2D eigenvalue weighted by Gasteiger charge is 2.62. The molecular formula is C22H18F3N5O3. The lowest BCUT2D eigenvalue weighted by molar-refractivity contribution is -0.287. The Morgan fingerprint density at radius 2 is 1.79 bits per heavy atom. The molecule has 0 aliphatic carbocycles. The number of imidazole rings is 1. The monoisotopic (exact) mass is 457 g/mol. The van der Waals surface area contributed by atoms with E-state index in [0.29, 0.717) is 11.1 Å². The second-order valence-electron chi connectivity index (χ2n) is 6.95. The predicted molar refractivity (Wildman–Crippen MR) is 111 cm³/mol. The Morgan fingerprint density at radius 3 is 2.39 bits per heavy atom. The fourth-order valence-corrected chi connectivity index (χ4v) is 3.48. The topological polar surface area (TPSA) is 90.6 Å². The minimum atomic E-state index is -5.07. The Bertz CT molecular complexity index is 1280. The number of methoxy groups -OCH3 is 2. The Labute approximate surface area is 186 Å². The molecule has 170 valence electrons. The van der Waals surface area contributed by atoms with Crippen molar-refractivity contribution in [1.82, 2.24) is 24.9 Å². The molecule has 0 saturated carbocycles. The molecule has 4 rings (SSSR count). The van der Waals surface area contributed by atoms with Gasteiger partial charge in [0.05, 0.1) is 19.5 Å². The van der Waals surface area contributed by atoms with Crippen molar-refractivity contribution >= 4 is 11.6 Å². The minimum Gasteiger partial charge on any atom is -0.480 e. The van der Waals surface area contributed by atoms with Gasteiger partial charge in [-0.2, -0.15) is 28.4 Å². The standard InChI is InChI=1S/C22H18F3N5O3/c1-32-20-18(30-11-9-15(12-17(30)28-20)16-8-10-26-27-13-16)21(33-2,22(23,24)25)29-19(31)14-6-4-3-5-7-14/h3-13H,1-2H3,(H,29,31). The van der Waals surface area contributed by atoms with Gasteiger partial charge in [-0.05, 0) is 35.9 Å². The Morgan fingerprint density at radius 1 is 1.03 bits per heavy atom. The summed E-state index contributed by atoms with van der Waals surface area (Å²) >= 11 is 0. The van der Waals surface area contributed by atoms with E-state index in [0.717, 1.165) is 7.11 Å². The highest BCUT2D eigenvalue weighted by molar-refractivity contribution is 5.94. The molecule has 0 aliphatic rings. The number of nitrogens with zero attached hydrogens (tertiary/aromatic N) is 4. The number of amides is 1. The number of alkyl halides is 3. The van der Waals surface area contributed by atoms with Crippen molar-refractivity contribution in [3.05, 3.63) is 78.4 Å². The van der Waals surface area contributed by atoms with Gasteiger partial charge in [-0.25, -0.2) is 0 Å². The van der Waals surface area contributed by atoms with E-state index in [2.05, 4.69) is 15.2 Å². The van der Waals surface area contributed by atoms with Gasteiger partial charge in [0.2, 0.25) is 5.88 Å². The highest BCUT2D eigenvalue weighted by Crippen LogP contribution is 2.44. The first-order valence-corrected chi connectivity index (χ1v) is 9.64. The molecule has 1 aromatic carbocycles. The summed E-state index contributed by atoms with van der Waals surface area (Å²) in [5, 5.41) is 9.53. The summed E-state index contributed by atoms with van der Waals surface area (Å²) < 4.78 is 55.0. The normalized spacial score (nSPS) is 13.5. The van der Waals surface area contributed by atoms with Crippen molar-refractivity contribution in [2.24, 2.45) is 0 Å². The fourth-order valence-electron chi connectivity index (χ4n) is 3.48. The number of ether oxygens (including phenoxy) is 2. The Kier molecular flexibility index (Phi) is 5.73. The lowest BCUT2D eigenvalue weighted by Crippen LogP contribution is -2.58. The second-order valence-corrected chi connectivity index (χ2v) is 6.95. The molecule has 1 N–H and O–H groups in total. The van der Waals surface area contributed by atoms with E-state index >= 15 is 0 Å². The van der Waals surface area contributed by atoms with E-state index in [1.54, 1.807) is 36.4 Å². The molecule has 1 atom stereocenters. The number of rotatable bonds is 6. The predicted octanol–water partition coefficient (Wildman–Crippen LogP) is 3.59. The van der Waals surface area contributed by atoms with E-state index in [-0.39, 0.29) is 17.1 Å². The first kappa shape index (κ1) is 22.2. The molecule has 0 aliphatic heterocycles. The third-order valence-corrected chi connectivity index (χ3v) is 5.07. The summed E-state index contributed by atoms with van der Waals surface area (Å²) in [5.74, 6) is -1.33. The molecule has 1 amide bonds. The maximum Gasteiger partial charge on any atom is 0.443 e. The molecular weight excluding hydrogens is 439 g/mol. The van der Waals surface area contributed by atoms with Crippen molar-refractivity contribution in [2.75, 3.05) is 14.2 Å². The largest absolute Gasteiger partial charge is 0.480 e. The molecule has 1 unspecified atom stereocenters. The summed E-state index contributed by atoms with van der Waals surface area (Å²) in [6.07, 6.45) is -0.661. The maximum atomic E-state index is 14.6. The number of halogens is 3. The van der Waals surface area contributed by atoms with Crippen LogP contribution in [0, 0.1) is 0 Å². The zero-order valence-corrected chi connectivity index (χ0v) is 17.5. The van der Waals surface area contributed by atoms with E-state index in [1.165, 1.54) is 42.2 Å². The van der Waals surface area contributed by atoms with Crippen LogP contribution in [0.2, 0.25) is 0 Å². The van der Waals surface area contributed by atoms with E-state index in [4.69, 9.17) is 9.47 Å². The van der Waals surface area contributed by atoms with Crippen LogP contribution in [0.4, 0.5) is 13.2 Å². The van der Waals surface area contributed by atoms with Crippen LogP contribution in [0.25, 0.3) is 16.8 Å². The molecule has 8 nitrogen and oxygen atoms in total. The number of hydrogen-bond donors (Lipinski definition) is 1. The second kappa shape index (κ2) is 8.51. The summed E-state index contributed by atoms with van der Waals surface area (Å²) in [4.78, 5) is 17.0. The van der Waals surface area contributed by atoms with Crippen LogP contribution in [0.1, 0.15) is 16.1 Å². The SMILES string of the molecule is COc1nc2cc(-c3ccnnc3)ccn2c1C(NC(=O)c1ccccc1)(OC)C(F)(F)F. The van der Waals surface area contributed by atoms with Crippen LogP contribution in [0.5, 0.6) is 5.88 Å². The van der Waals surface area contributed by atoms with Crippen molar-refractivity contribution in [1.29, 1.82) is 0 Å². The van der Waals surface area contributed by atoms with Gasteiger partial charge in [0.1, 0.15) is 11.3 Å². The number of carbonyl (C=O) groups excluding carboxylic acids is 1. The van der Waals surface area contributed by atoms with Gasteiger partial charge in [0.15, 0.2) is 0 Å². The fraction of sp³-hybridized carbons (Fsp3) is 0.182. The highest BCUT2D eigenvalue weighted by atomic mass is 19.4. The van der Waals surface area contributed by atoms with Gasteiger partial charge in [0, 0.05) is 24.4 Å². The molecule has 33 heavy (non-hydrogen) atoms. The smallest absolute Gasteiger partial charge is 0.443 e. The minimum absolute atomic E-state index is 0.0310. The van der Waals surface area contributed by atoms with Crippen molar-refractivity contribution in [3.8, 4) is 17.0 Å². The van der Waals surface area contributed by atoms with Crippen molar-refractivity contribution in [3.63, 3.8) is 0 Å². The molecule has 4 aromatic rings. The van der Waals surface area contributed by atoms with Crippen LogP contribution in [-0.2, 0) is 10.5 Å². The van der Waals surface area contributed by atoms with Crippen molar-refractivity contribution in [2.45, 2.75) is 11.9 Å². The number of carbonyl (C=O) groups is 1. The molecule has 0 saturated heterocycles. The average Bonchev–Trinajstić information content (AvgIpc) is 3.21. The van der Waals surface area contributed by atoms with Gasteiger partial charge in [-0.1, -0.05) is 18.2 Å². The summed E-state index contributed by atoms with van der Waals surface area (Å²) in [5.41, 5.74) is -2.25. The third-order valence-electron chi connectivity index (χ3n) is 5.07. The van der Waals surface area contributed by atoms with Crippen molar-refractivity contribution < 1.29 is 27.4 Å². The maximum absolute atomic E-state index is 14.6. The zero-order chi connectivity index (χ0) is 23.6. The summed E-state index contributed by atoms with van der Waals surface area (Å²) in [6, 6.07) is 12.4. The number of aromatic nitrogens is 4. The lowest BCUT2D eigenvalue weighted by atomic mass is 10.1. The Hall–Kier alpha value is -3.99. The van der Waals surface area contributed by atoms with Crippen LogP contribution in [-0.4, -0.2) is 45.9 Å². The van der Waals surface area contributed by atoms with Gasteiger partial charge < -0.3 is 14.8 Å². The zero-order valence-electron chi connectivity index (χ0n) is 17.5. The van der Waals surface area contributed by atoms with E-state index in [1.807, 2.05) is 5.32 Å². The summed E-state index contributed by atoms with van der Waals surface area (Å²) in [6.45, 7) is 0. The van der Waals surface area contributed by atoms with Crippen LogP contribution < -0.4 is 10.1 Å². The van der Waals surface area contributed by atoms with Crippen LogP contribution in [0.3, 0.4) is 0 Å². The number of pyridine rings is 1. The number of hydrogen-bond acceptors (Lipinski definition) is 6. The van der Waals surface area contributed by atoms with Crippen LogP contribution >= 0.6 is 0 Å². The third kappa shape index (κ3) is 3.87. The summed E-state index contributed by atoms with van der Waals surface area (Å²) in [7, 11) is 2.05. The molecule has 0 fully saturated rings. The molecule has 0 spiro atoms. The van der Waals surface area contributed by atoms with Gasteiger partial charge in [-0.15, -0.1) is 0 Å². The Balaban J connectivity index is 1.90. The van der Waals surface area contributed by atoms with E-state index in [9.17, 15) is 18.0 Å². The quantitative estimate of drug-likeness (QED) is 0.445. The van der Waals surface area contributed by atoms with Gasteiger partial charge in [-0.3, -0.25) is 9.20 Å². The number of benzene rings is 1. The first-order valence-electron chi connectivity index (χ1n) is 9.64. The van der Waals surface area contributed by atoms with Crippen LogP contribution in [0.15, 0.2) is 67.1 Å². The van der Waals surface area contributed by atoms with Gasteiger partial charge >= 0.3 is 6.18 Å². The average molecular weight is 457 g/mol. The molecule has 0 bridgehead atoms.